The van der Waals surface area contributed by atoms with Crippen molar-refractivity contribution < 1.29 is 0 Å². The summed E-state index contributed by atoms with van der Waals surface area (Å²) in [5.74, 6) is 0. The van der Waals surface area contributed by atoms with Gasteiger partial charge in [0.2, 0.25) is 0 Å². The number of hydrogen-bond acceptors (Lipinski definition) is 2. The Labute approximate surface area is 85.6 Å². The molecule has 0 radical (unpaired) electrons. The molecule has 0 aromatic rings. The van der Waals surface area contributed by atoms with Gasteiger partial charge in [-0.3, -0.25) is 0 Å². The minimum atomic E-state index is 0. The predicted octanol–water partition coefficient (Wildman–Crippen LogP) is 2.10. The summed E-state index contributed by atoms with van der Waals surface area (Å²) in [5.41, 5.74) is 0. The Kier molecular flexibility index (Phi) is 5.51. The van der Waals surface area contributed by atoms with E-state index in [0.717, 1.165) is 19.6 Å². The molecule has 0 aromatic carbocycles. The van der Waals surface area contributed by atoms with E-state index in [1.54, 1.807) is 0 Å². The molecule has 0 aliphatic carbocycles. The van der Waals surface area contributed by atoms with Crippen LogP contribution in [-0.2, 0) is 0 Å². The number of halogens is 2. The Morgan fingerprint density at radius 3 is 2.58 bits per heavy atom. The fourth-order valence-electron chi connectivity index (χ4n) is 1.09. The molecule has 1 atom stereocenters. The first-order valence-corrected chi connectivity index (χ1v) is 4.42. The predicted molar refractivity (Wildman–Crippen MR) is 55.7 cm³/mol. The van der Waals surface area contributed by atoms with E-state index in [1.807, 2.05) is 0 Å². The molecular weight excluding hydrogens is 195 g/mol. The Morgan fingerprint density at radius 2 is 2.17 bits per heavy atom. The monoisotopic (exact) mass is 210 g/mol. The van der Waals surface area contributed by atoms with Crippen LogP contribution in [0.3, 0.4) is 0 Å². The Balaban J connectivity index is 0.00000121. The van der Waals surface area contributed by atoms with Crippen molar-refractivity contribution in [2.75, 3.05) is 20.3 Å². The highest BCUT2D eigenvalue weighted by atomic mass is 35.5. The third-order valence-electron chi connectivity index (χ3n) is 1.81. The molecule has 4 heteroatoms. The first-order chi connectivity index (χ1) is 5.22. The topological polar surface area (TPSA) is 6.48 Å². The van der Waals surface area contributed by atoms with E-state index in [-0.39, 0.29) is 17.8 Å². The van der Waals surface area contributed by atoms with Crippen LogP contribution in [0.2, 0.25) is 0 Å². The highest BCUT2D eigenvalue weighted by Gasteiger charge is 2.11. The van der Waals surface area contributed by atoms with Gasteiger partial charge in [-0.2, -0.15) is 0 Å². The van der Waals surface area contributed by atoms with Crippen molar-refractivity contribution in [1.82, 2.24) is 9.80 Å². The van der Waals surface area contributed by atoms with E-state index in [0.29, 0.717) is 0 Å². The van der Waals surface area contributed by atoms with Gasteiger partial charge in [-0.25, -0.2) is 0 Å². The zero-order valence-electron chi connectivity index (χ0n) is 7.53. The molecule has 0 fully saturated rings. The second kappa shape index (κ2) is 5.55. The zero-order chi connectivity index (χ0) is 8.27. The summed E-state index contributed by atoms with van der Waals surface area (Å²) >= 11 is 6.00. The number of nitrogens with zero attached hydrogens (tertiary/aromatic N) is 2. The van der Waals surface area contributed by atoms with Crippen LogP contribution < -0.4 is 0 Å². The molecule has 1 unspecified atom stereocenters. The molecular formula is C8H16Cl2N2. The lowest BCUT2D eigenvalue weighted by atomic mass is 10.3. The summed E-state index contributed by atoms with van der Waals surface area (Å²) in [5, 5.41) is 0.283. The smallest absolute Gasteiger partial charge is 0.0891 e. The fraction of sp³-hybridized carbons (Fsp3) is 0.750. The number of hydrogen-bond donors (Lipinski definition) is 0. The molecule has 0 amide bonds. The molecule has 72 valence electrons. The normalized spacial score (nSPS) is 17.9. The van der Waals surface area contributed by atoms with Gasteiger partial charge in [-0.1, -0.05) is 6.92 Å². The first-order valence-electron chi connectivity index (χ1n) is 3.99. The second-order valence-electron chi connectivity index (χ2n) is 2.97. The number of rotatable bonds is 3. The average Bonchev–Trinajstić information content (AvgIpc) is 2.35. The minimum Gasteiger partial charge on any atom is -0.362 e. The molecule has 1 heterocycles. The van der Waals surface area contributed by atoms with Crippen molar-refractivity contribution in [1.29, 1.82) is 0 Å². The van der Waals surface area contributed by atoms with Gasteiger partial charge in [0, 0.05) is 26.0 Å². The van der Waals surface area contributed by atoms with Gasteiger partial charge >= 0.3 is 0 Å². The van der Waals surface area contributed by atoms with E-state index in [9.17, 15) is 0 Å². The van der Waals surface area contributed by atoms with Crippen LogP contribution in [0.5, 0.6) is 0 Å². The third-order valence-corrected chi connectivity index (χ3v) is 2.26. The average molecular weight is 211 g/mol. The van der Waals surface area contributed by atoms with Crippen LogP contribution >= 0.6 is 24.0 Å². The fourth-order valence-corrected chi connectivity index (χ4v) is 1.27. The van der Waals surface area contributed by atoms with E-state index < -0.39 is 0 Å². The SMILES string of the molecule is CCC(Cl)CN1C=CN(C)C1.Cl. The van der Waals surface area contributed by atoms with Gasteiger partial charge in [0.15, 0.2) is 0 Å². The molecule has 1 rings (SSSR count). The van der Waals surface area contributed by atoms with E-state index in [4.69, 9.17) is 11.6 Å². The highest BCUT2D eigenvalue weighted by molar-refractivity contribution is 6.20. The van der Waals surface area contributed by atoms with Crippen LogP contribution in [0, 0.1) is 0 Å². The lowest BCUT2D eigenvalue weighted by Crippen LogP contribution is -2.27. The molecule has 0 bridgehead atoms. The standard InChI is InChI=1S/C8H15ClN2.ClH/c1-3-8(9)6-11-5-4-10(2)7-11;/h4-5,8H,3,6-7H2,1-2H3;1H. The maximum atomic E-state index is 6.00. The summed E-state index contributed by atoms with van der Waals surface area (Å²) in [6.45, 7) is 4.04. The Hall–Kier alpha value is -0.0800. The Morgan fingerprint density at radius 1 is 1.50 bits per heavy atom. The summed E-state index contributed by atoms with van der Waals surface area (Å²) < 4.78 is 0. The van der Waals surface area contributed by atoms with Crippen molar-refractivity contribution in [2.24, 2.45) is 0 Å². The van der Waals surface area contributed by atoms with Crippen molar-refractivity contribution in [3.8, 4) is 0 Å². The highest BCUT2D eigenvalue weighted by Crippen LogP contribution is 2.09. The molecule has 1 aliphatic heterocycles. The first kappa shape index (κ1) is 11.9. The van der Waals surface area contributed by atoms with Gasteiger partial charge in [0.05, 0.1) is 12.0 Å². The van der Waals surface area contributed by atoms with Gasteiger partial charge in [0.1, 0.15) is 0 Å². The van der Waals surface area contributed by atoms with Crippen molar-refractivity contribution in [2.45, 2.75) is 18.7 Å². The van der Waals surface area contributed by atoms with Crippen LogP contribution in [0.1, 0.15) is 13.3 Å². The zero-order valence-corrected chi connectivity index (χ0v) is 9.11. The summed E-state index contributed by atoms with van der Waals surface area (Å²) in [6.07, 6.45) is 5.19. The molecule has 0 saturated heterocycles. The minimum absolute atomic E-state index is 0. The van der Waals surface area contributed by atoms with Crippen molar-refractivity contribution in [3.05, 3.63) is 12.4 Å². The van der Waals surface area contributed by atoms with Crippen molar-refractivity contribution >= 4 is 24.0 Å². The molecule has 0 aromatic heterocycles. The van der Waals surface area contributed by atoms with Crippen LogP contribution in [-0.4, -0.2) is 35.4 Å². The van der Waals surface area contributed by atoms with Gasteiger partial charge in [0.25, 0.3) is 0 Å². The van der Waals surface area contributed by atoms with Crippen LogP contribution in [0.15, 0.2) is 12.4 Å². The van der Waals surface area contributed by atoms with E-state index >= 15 is 0 Å². The molecule has 0 N–H and O–H groups in total. The van der Waals surface area contributed by atoms with Gasteiger partial charge in [-0.05, 0) is 6.42 Å². The maximum Gasteiger partial charge on any atom is 0.0891 e. The Bertz CT molecular complexity index is 150. The quantitative estimate of drug-likeness (QED) is 0.659. The molecule has 2 nitrogen and oxygen atoms in total. The van der Waals surface area contributed by atoms with Crippen LogP contribution in [0.25, 0.3) is 0 Å². The largest absolute Gasteiger partial charge is 0.362 e. The molecule has 12 heavy (non-hydrogen) atoms. The van der Waals surface area contributed by atoms with Crippen molar-refractivity contribution in [3.63, 3.8) is 0 Å². The molecule has 0 spiro atoms. The van der Waals surface area contributed by atoms with E-state index in [1.165, 1.54) is 0 Å². The number of alkyl halides is 1. The lowest BCUT2D eigenvalue weighted by molar-refractivity contribution is 0.295. The second-order valence-corrected chi connectivity index (χ2v) is 3.59. The molecule has 0 saturated carbocycles. The summed E-state index contributed by atoms with van der Waals surface area (Å²) in [4.78, 5) is 4.36. The van der Waals surface area contributed by atoms with Crippen LogP contribution in [0.4, 0.5) is 0 Å². The third kappa shape index (κ3) is 3.55. The van der Waals surface area contributed by atoms with E-state index in [2.05, 4.69) is 36.2 Å². The van der Waals surface area contributed by atoms with Gasteiger partial charge < -0.3 is 9.80 Å². The summed E-state index contributed by atoms with van der Waals surface area (Å²) in [6, 6.07) is 0. The maximum absolute atomic E-state index is 6.00. The van der Waals surface area contributed by atoms with Gasteiger partial charge in [-0.15, -0.1) is 24.0 Å². The lowest BCUT2D eigenvalue weighted by Gasteiger charge is -2.20. The molecule has 1 aliphatic rings. The summed E-state index contributed by atoms with van der Waals surface area (Å²) in [7, 11) is 2.06.